The Bertz CT molecular complexity index is 1070. The largest absolute Gasteiger partial charge is 0.350 e. The number of carbonyl (C=O) groups is 2. The molecule has 3 rings (SSSR count). The van der Waals surface area contributed by atoms with Crippen molar-refractivity contribution in [2.24, 2.45) is 0 Å². The summed E-state index contributed by atoms with van der Waals surface area (Å²) in [5, 5.41) is 3.26. The van der Waals surface area contributed by atoms with Crippen molar-refractivity contribution in [2.45, 2.75) is 25.9 Å². The van der Waals surface area contributed by atoms with Gasteiger partial charge in [0, 0.05) is 23.8 Å². The molecule has 1 aliphatic heterocycles. The molecule has 2 aromatic carbocycles. The summed E-state index contributed by atoms with van der Waals surface area (Å²) in [4.78, 5) is 27.6. The van der Waals surface area contributed by atoms with Crippen molar-refractivity contribution < 1.29 is 18.0 Å². The van der Waals surface area contributed by atoms with E-state index in [-0.39, 0.29) is 19.6 Å². The van der Waals surface area contributed by atoms with E-state index in [0.717, 1.165) is 21.7 Å². The molecule has 1 aliphatic rings. The van der Waals surface area contributed by atoms with Gasteiger partial charge in [0.2, 0.25) is 21.8 Å². The second-order valence-corrected chi connectivity index (χ2v) is 10.1. The Hall–Kier alpha value is -2.42. The molecule has 0 radical (unpaired) electrons. The van der Waals surface area contributed by atoms with Gasteiger partial charge in [0.05, 0.1) is 12.8 Å². The smallest absolute Gasteiger partial charge is 0.247 e. The fraction of sp³-hybridized carbons (Fsp3) is 0.333. The summed E-state index contributed by atoms with van der Waals surface area (Å²) in [6.07, 6.45) is 1.03. The first-order chi connectivity index (χ1) is 14.0. The van der Waals surface area contributed by atoms with E-state index in [1.165, 1.54) is 4.90 Å². The van der Waals surface area contributed by atoms with Crippen LogP contribution < -0.4 is 10.2 Å². The normalized spacial score (nSPS) is 20.3. The molecule has 2 amide bonds. The van der Waals surface area contributed by atoms with Gasteiger partial charge >= 0.3 is 0 Å². The summed E-state index contributed by atoms with van der Waals surface area (Å²) in [5.74, 6) is -0.952. The first kappa shape index (κ1) is 22.3. The number of hydrogen-bond donors (Lipinski definition) is 1. The van der Waals surface area contributed by atoms with E-state index < -0.39 is 27.4 Å². The van der Waals surface area contributed by atoms with Gasteiger partial charge in [-0.3, -0.25) is 14.5 Å². The summed E-state index contributed by atoms with van der Waals surface area (Å²) in [6.45, 7) is 3.29. The van der Waals surface area contributed by atoms with Crippen molar-refractivity contribution in [3.05, 3.63) is 64.7 Å². The van der Waals surface area contributed by atoms with E-state index in [9.17, 15) is 18.0 Å². The molecule has 0 spiro atoms. The van der Waals surface area contributed by atoms with Crippen LogP contribution in [0.3, 0.4) is 0 Å². The van der Waals surface area contributed by atoms with Crippen LogP contribution in [0.25, 0.3) is 0 Å². The van der Waals surface area contributed by atoms with Gasteiger partial charge in [-0.05, 0) is 37.6 Å². The van der Waals surface area contributed by atoms with Crippen molar-refractivity contribution in [3.63, 3.8) is 0 Å². The number of nitrogens with zero attached hydrogens (tertiary/aromatic N) is 2. The quantitative estimate of drug-likeness (QED) is 0.759. The van der Waals surface area contributed by atoms with E-state index in [1.54, 1.807) is 31.2 Å². The van der Waals surface area contributed by atoms with Crippen LogP contribution in [0.15, 0.2) is 48.5 Å². The molecule has 0 saturated carbocycles. The van der Waals surface area contributed by atoms with Crippen molar-refractivity contribution in [2.75, 3.05) is 24.2 Å². The molecule has 9 heteroatoms. The monoisotopic (exact) mass is 449 g/mol. The van der Waals surface area contributed by atoms with Crippen molar-refractivity contribution in [3.8, 4) is 0 Å². The third kappa shape index (κ3) is 4.66. The van der Waals surface area contributed by atoms with E-state index in [1.807, 2.05) is 31.2 Å². The summed E-state index contributed by atoms with van der Waals surface area (Å²) < 4.78 is 25.3. The second-order valence-electron chi connectivity index (χ2n) is 7.68. The fourth-order valence-corrected chi connectivity index (χ4v) is 4.51. The molecular weight excluding hydrogens is 426 g/mol. The first-order valence-corrected chi connectivity index (χ1v) is 11.6. The lowest BCUT2D eigenvalue weighted by Crippen LogP contribution is -2.70. The molecule has 1 atom stereocenters. The summed E-state index contributed by atoms with van der Waals surface area (Å²) in [7, 11) is -3.67. The maximum absolute atomic E-state index is 13.3. The first-order valence-electron chi connectivity index (χ1n) is 9.38. The van der Waals surface area contributed by atoms with Crippen LogP contribution >= 0.6 is 11.6 Å². The van der Waals surface area contributed by atoms with Crippen LogP contribution in [0.1, 0.15) is 18.1 Å². The maximum Gasteiger partial charge on any atom is 0.247 e. The van der Waals surface area contributed by atoms with Gasteiger partial charge in [0.25, 0.3) is 0 Å². The van der Waals surface area contributed by atoms with Crippen LogP contribution in [-0.4, -0.2) is 49.4 Å². The highest BCUT2D eigenvalue weighted by Gasteiger charge is 2.50. The molecule has 1 fully saturated rings. The van der Waals surface area contributed by atoms with Crippen molar-refractivity contribution in [1.82, 2.24) is 9.62 Å². The third-order valence-electron chi connectivity index (χ3n) is 5.14. The Morgan fingerprint density at radius 1 is 1.20 bits per heavy atom. The standard InChI is InChI=1S/C21H24ClN3O4S/c1-15-7-9-16(10-8-15)12-23-20(27)21(2)14-24(30(3,28)29)13-19(26)25(21)18-6-4-5-17(22)11-18/h4-11H,12-14H2,1-3H3,(H,23,27)/t21-/m0/s1. The van der Waals surface area contributed by atoms with Crippen molar-refractivity contribution in [1.29, 1.82) is 0 Å². The van der Waals surface area contributed by atoms with E-state index in [2.05, 4.69) is 5.32 Å². The molecule has 7 nitrogen and oxygen atoms in total. The van der Waals surface area contributed by atoms with Gasteiger partial charge in [-0.25, -0.2) is 8.42 Å². The van der Waals surface area contributed by atoms with Gasteiger partial charge in [-0.15, -0.1) is 0 Å². The number of sulfonamides is 1. The zero-order valence-electron chi connectivity index (χ0n) is 17.1. The van der Waals surface area contributed by atoms with Crippen molar-refractivity contribution >= 4 is 39.1 Å². The molecule has 30 heavy (non-hydrogen) atoms. The van der Waals surface area contributed by atoms with Gasteiger partial charge in [0.1, 0.15) is 5.54 Å². The highest BCUT2D eigenvalue weighted by atomic mass is 35.5. The number of halogens is 1. The minimum Gasteiger partial charge on any atom is -0.350 e. The SMILES string of the molecule is Cc1ccc(CNC(=O)[C@]2(C)CN(S(C)(=O)=O)CC(=O)N2c2cccc(Cl)c2)cc1. The zero-order valence-corrected chi connectivity index (χ0v) is 18.6. The lowest BCUT2D eigenvalue weighted by molar-refractivity contribution is -0.133. The molecule has 0 aromatic heterocycles. The minimum absolute atomic E-state index is 0.163. The van der Waals surface area contributed by atoms with Crippen LogP contribution in [0.5, 0.6) is 0 Å². The molecule has 0 aliphatic carbocycles. The molecular formula is C21H24ClN3O4S. The lowest BCUT2D eigenvalue weighted by atomic mass is 9.94. The summed E-state index contributed by atoms with van der Waals surface area (Å²) >= 11 is 6.09. The highest BCUT2D eigenvalue weighted by molar-refractivity contribution is 7.88. The molecule has 1 N–H and O–H groups in total. The molecule has 160 valence electrons. The molecule has 1 heterocycles. The number of carbonyl (C=O) groups excluding carboxylic acids is 2. The number of aryl methyl sites for hydroxylation is 1. The van der Waals surface area contributed by atoms with Crippen LogP contribution in [0.4, 0.5) is 5.69 Å². The average Bonchev–Trinajstić information content (AvgIpc) is 2.66. The molecule has 0 unspecified atom stereocenters. The minimum atomic E-state index is -3.67. The second kappa shape index (κ2) is 8.37. The topological polar surface area (TPSA) is 86.8 Å². The Morgan fingerprint density at radius 2 is 1.87 bits per heavy atom. The maximum atomic E-state index is 13.3. The van der Waals surface area contributed by atoms with Crippen LogP contribution in [-0.2, 0) is 26.2 Å². The summed E-state index contributed by atoms with van der Waals surface area (Å²) in [5.41, 5.74) is 0.988. The van der Waals surface area contributed by atoms with Gasteiger partial charge < -0.3 is 5.32 Å². The Morgan fingerprint density at radius 3 is 2.47 bits per heavy atom. The average molecular weight is 450 g/mol. The number of nitrogens with one attached hydrogen (secondary N) is 1. The Kier molecular flexibility index (Phi) is 6.21. The Labute approximate surface area is 181 Å². The predicted octanol–water partition coefficient (Wildman–Crippen LogP) is 2.33. The van der Waals surface area contributed by atoms with Gasteiger partial charge in [-0.1, -0.05) is 47.5 Å². The predicted molar refractivity (Wildman–Crippen MR) is 117 cm³/mol. The van der Waals surface area contributed by atoms with E-state index in [4.69, 9.17) is 11.6 Å². The lowest BCUT2D eigenvalue weighted by Gasteiger charge is -2.46. The number of anilines is 1. The van der Waals surface area contributed by atoms with Gasteiger partial charge in [-0.2, -0.15) is 4.31 Å². The van der Waals surface area contributed by atoms with E-state index >= 15 is 0 Å². The van der Waals surface area contributed by atoms with Crippen LogP contribution in [0.2, 0.25) is 5.02 Å². The zero-order chi connectivity index (χ0) is 22.1. The molecule has 1 saturated heterocycles. The number of benzene rings is 2. The number of piperazine rings is 1. The fourth-order valence-electron chi connectivity index (χ4n) is 3.50. The van der Waals surface area contributed by atoms with Crippen LogP contribution in [0, 0.1) is 6.92 Å². The third-order valence-corrected chi connectivity index (χ3v) is 6.57. The molecule has 2 aromatic rings. The Balaban J connectivity index is 1.95. The van der Waals surface area contributed by atoms with Gasteiger partial charge in [0.15, 0.2) is 0 Å². The number of rotatable bonds is 5. The number of hydrogen-bond acceptors (Lipinski definition) is 4. The number of amides is 2. The highest BCUT2D eigenvalue weighted by Crippen LogP contribution is 2.32. The molecule has 0 bridgehead atoms. The van der Waals surface area contributed by atoms with E-state index in [0.29, 0.717) is 10.7 Å². The summed E-state index contributed by atoms with van der Waals surface area (Å²) in [6, 6.07) is 14.3.